The Balaban J connectivity index is 1.94. The van der Waals surface area contributed by atoms with E-state index in [1.165, 1.54) is 28.4 Å². The molecule has 0 saturated heterocycles. The first kappa shape index (κ1) is 9.16. The predicted octanol–water partition coefficient (Wildman–Crippen LogP) is 2.27. The number of nitrogens with one attached hydrogen (secondary N) is 1. The molecule has 0 bridgehead atoms. The van der Waals surface area contributed by atoms with E-state index >= 15 is 0 Å². The van der Waals surface area contributed by atoms with Gasteiger partial charge in [0, 0.05) is 17.5 Å². The molecule has 0 spiro atoms. The minimum absolute atomic E-state index is 0.786. The van der Waals surface area contributed by atoms with Crippen molar-refractivity contribution in [1.29, 1.82) is 0 Å². The molecular weight excluding hydrogens is 180 g/mol. The molecule has 2 nitrogen and oxygen atoms in total. The Hall–Kier alpha value is -0.410. The first-order chi connectivity index (χ1) is 6.29. The molecule has 0 amide bonds. The van der Waals surface area contributed by atoms with Gasteiger partial charge >= 0.3 is 0 Å². The number of rotatable bonds is 4. The third kappa shape index (κ3) is 2.29. The van der Waals surface area contributed by atoms with Gasteiger partial charge in [0.15, 0.2) is 0 Å². The molecule has 13 heavy (non-hydrogen) atoms. The summed E-state index contributed by atoms with van der Waals surface area (Å²) in [5.74, 6) is 0. The topological polar surface area (TPSA) is 24.9 Å². The van der Waals surface area contributed by atoms with Crippen LogP contribution in [0.3, 0.4) is 0 Å². The molecule has 3 heteroatoms. The normalized spacial score (nSPS) is 16.5. The molecule has 1 saturated carbocycles. The van der Waals surface area contributed by atoms with Crippen LogP contribution in [0, 0.1) is 6.92 Å². The highest BCUT2D eigenvalue weighted by molar-refractivity contribution is 7.11. The first-order valence-electron chi connectivity index (χ1n) is 4.98. The molecule has 0 atom stereocenters. The standard InChI is InChI=1S/C10H16N2S/c1-3-9-7(2)12-10(13-9)6-11-8-4-5-8/h8,11H,3-6H2,1-2H3. The quantitative estimate of drug-likeness (QED) is 0.799. The van der Waals surface area contributed by atoms with Crippen LogP contribution in [-0.4, -0.2) is 11.0 Å². The summed E-state index contributed by atoms with van der Waals surface area (Å²) in [6.45, 7) is 5.27. The third-order valence-electron chi connectivity index (χ3n) is 2.38. The van der Waals surface area contributed by atoms with Crippen LogP contribution in [0.2, 0.25) is 0 Å². The smallest absolute Gasteiger partial charge is 0.107 e. The van der Waals surface area contributed by atoms with Gasteiger partial charge in [-0.3, -0.25) is 0 Å². The zero-order valence-electron chi connectivity index (χ0n) is 8.26. The van der Waals surface area contributed by atoms with Crippen LogP contribution in [0.5, 0.6) is 0 Å². The van der Waals surface area contributed by atoms with Gasteiger partial charge in [-0.15, -0.1) is 11.3 Å². The molecule has 1 aliphatic carbocycles. The van der Waals surface area contributed by atoms with Crippen LogP contribution in [-0.2, 0) is 13.0 Å². The molecule has 0 unspecified atom stereocenters. The largest absolute Gasteiger partial charge is 0.308 e. The zero-order valence-corrected chi connectivity index (χ0v) is 9.08. The Morgan fingerprint density at radius 3 is 2.85 bits per heavy atom. The van der Waals surface area contributed by atoms with Gasteiger partial charge in [-0.25, -0.2) is 4.98 Å². The fourth-order valence-electron chi connectivity index (χ4n) is 1.41. The lowest BCUT2D eigenvalue weighted by molar-refractivity contribution is 0.683. The molecule has 1 aromatic rings. The molecule has 0 aromatic carbocycles. The van der Waals surface area contributed by atoms with E-state index in [2.05, 4.69) is 24.1 Å². The number of hydrogen-bond donors (Lipinski definition) is 1. The highest BCUT2D eigenvalue weighted by atomic mass is 32.1. The Labute approximate surface area is 83.4 Å². The average molecular weight is 196 g/mol. The van der Waals surface area contributed by atoms with Gasteiger partial charge in [0.1, 0.15) is 5.01 Å². The van der Waals surface area contributed by atoms with Gasteiger partial charge in [0.05, 0.1) is 5.69 Å². The van der Waals surface area contributed by atoms with Crippen LogP contribution < -0.4 is 5.32 Å². The second kappa shape index (κ2) is 3.76. The fourth-order valence-corrected chi connectivity index (χ4v) is 2.37. The van der Waals surface area contributed by atoms with Crippen LogP contribution in [0.1, 0.15) is 35.3 Å². The Bertz CT molecular complexity index is 289. The Morgan fingerprint density at radius 2 is 2.31 bits per heavy atom. The minimum atomic E-state index is 0.786. The molecule has 0 aliphatic heterocycles. The fraction of sp³-hybridized carbons (Fsp3) is 0.700. The molecule has 1 fully saturated rings. The third-order valence-corrected chi connectivity index (χ3v) is 3.68. The van der Waals surface area contributed by atoms with Crippen molar-refractivity contribution in [2.75, 3.05) is 0 Å². The molecule has 1 heterocycles. The van der Waals surface area contributed by atoms with Crippen molar-refractivity contribution in [2.24, 2.45) is 0 Å². The van der Waals surface area contributed by atoms with Gasteiger partial charge < -0.3 is 5.32 Å². The lowest BCUT2D eigenvalue weighted by Crippen LogP contribution is -2.14. The van der Waals surface area contributed by atoms with Crippen molar-refractivity contribution in [2.45, 2.75) is 45.7 Å². The molecule has 2 rings (SSSR count). The van der Waals surface area contributed by atoms with E-state index in [0.717, 1.165) is 19.0 Å². The second-order valence-electron chi connectivity index (χ2n) is 3.62. The minimum Gasteiger partial charge on any atom is -0.308 e. The zero-order chi connectivity index (χ0) is 9.26. The van der Waals surface area contributed by atoms with E-state index in [1.807, 2.05) is 11.3 Å². The van der Waals surface area contributed by atoms with E-state index in [4.69, 9.17) is 0 Å². The average Bonchev–Trinajstić information content (AvgIpc) is 2.87. The van der Waals surface area contributed by atoms with Crippen LogP contribution >= 0.6 is 11.3 Å². The van der Waals surface area contributed by atoms with Crippen molar-refractivity contribution < 1.29 is 0 Å². The van der Waals surface area contributed by atoms with Crippen molar-refractivity contribution in [3.05, 3.63) is 15.6 Å². The summed E-state index contributed by atoms with van der Waals surface area (Å²) in [5.41, 5.74) is 1.22. The lowest BCUT2D eigenvalue weighted by atomic mass is 10.3. The van der Waals surface area contributed by atoms with Gasteiger partial charge in [0.25, 0.3) is 0 Å². The Morgan fingerprint density at radius 1 is 1.54 bits per heavy atom. The number of aryl methyl sites for hydroxylation is 2. The SMILES string of the molecule is CCc1sc(CNC2CC2)nc1C. The number of nitrogens with zero attached hydrogens (tertiary/aromatic N) is 1. The van der Waals surface area contributed by atoms with Crippen molar-refractivity contribution >= 4 is 11.3 Å². The van der Waals surface area contributed by atoms with Crippen molar-refractivity contribution in [3.63, 3.8) is 0 Å². The van der Waals surface area contributed by atoms with E-state index < -0.39 is 0 Å². The first-order valence-corrected chi connectivity index (χ1v) is 5.79. The summed E-state index contributed by atoms with van der Waals surface area (Å²) in [5, 5.41) is 4.74. The van der Waals surface area contributed by atoms with Crippen LogP contribution in [0.15, 0.2) is 0 Å². The van der Waals surface area contributed by atoms with E-state index in [9.17, 15) is 0 Å². The van der Waals surface area contributed by atoms with E-state index in [0.29, 0.717) is 0 Å². The maximum absolute atomic E-state index is 4.54. The monoisotopic (exact) mass is 196 g/mol. The van der Waals surface area contributed by atoms with E-state index in [1.54, 1.807) is 0 Å². The highest BCUT2D eigenvalue weighted by Gasteiger charge is 2.20. The highest BCUT2D eigenvalue weighted by Crippen LogP contribution is 2.22. The summed E-state index contributed by atoms with van der Waals surface area (Å²) in [6.07, 6.45) is 3.82. The van der Waals surface area contributed by atoms with Gasteiger partial charge in [-0.05, 0) is 26.2 Å². The number of thiazole rings is 1. The van der Waals surface area contributed by atoms with Crippen molar-refractivity contribution in [3.8, 4) is 0 Å². The van der Waals surface area contributed by atoms with Gasteiger partial charge in [-0.2, -0.15) is 0 Å². The summed E-state index contributed by atoms with van der Waals surface area (Å²) < 4.78 is 0. The molecule has 0 radical (unpaired) electrons. The van der Waals surface area contributed by atoms with Crippen LogP contribution in [0.4, 0.5) is 0 Å². The predicted molar refractivity (Wildman–Crippen MR) is 56.1 cm³/mol. The van der Waals surface area contributed by atoms with Crippen molar-refractivity contribution in [1.82, 2.24) is 10.3 Å². The van der Waals surface area contributed by atoms with Crippen LogP contribution in [0.25, 0.3) is 0 Å². The maximum Gasteiger partial charge on any atom is 0.107 e. The Kier molecular flexibility index (Phi) is 2.65. The molecule has 1 aromatic heterocycles. The number of aromatic nitrogens is 1. The summed E-state index contributed by atoms with van der Waals surface area (Å²) in [4.78, 5) is 5.97. The molecule has 1 N–H and O–H groups in total. The molecule has 72 valence electrons. The van der Waals surface area contributed by atoms with Gasteiger partial charge in [-0.1, -0.05) is 6.92 Å². The molecule has 1 aliphatic rings. The lowest BCUT2D eigenvalue weighted by Gasteiger charge is -1.96. The second-order valence-corrected chi connectivity index (χ2v) is 4.79. The number of hydrogen-bond acceptors (Lipinski definition) is 3. The summed E-state index contributed by atoms with van der Waals surface area (Å²) >= 11 is 1.86. The maximum atomic E-state index is 4.54. The van der Waals surface area contributed by atoms with E-state index in [-0.39, 0.29) is 0 Å². The summed E-state index contributed by atoms with van der Waals surface area (Å²) in [6, 6.07) is 0.786. The summed E-state index contributed by atoms with van der Waals surface area (Å²) in [7, 11) is 0. The molecular formula is C10H16N2S. The van der Waals surface area contributed by atoms with Gasteiger partial charge in [0.2, 0.25) is 0 Å².